The lowest BCUT2D eigenvalue weighted by atomic mass is 10.4. The molecule has 1 aromatic heterocycles. The molecule has 1 saturated heterocycles. The number of halogens is 1. The van der Waals surface area contributed by atoms with Crippen LogP contribution in [0.2, 0.25) is 5.28 Å². The monoisotopic (exact) mass is 227 g/mol. The lowest BCUT2D eigenvalue weighted by Crippen LogP contribution is -2.29. The Balaban J connectivity index is 2.09. The first kappa shape index (κ1) is 10.6. The molecule has 0 bridgehead atoms. The summed E-state index contributed by atoms with van der Waals surface area (Å²) in [4.78, 5) is 8.68. The Labute approximate surface area is 94.1 Å². The fourth-order valence-corrected chi connectivity index (χ4v) is 1.83. The zero-order valence-corrected chi connectivity index (χ0v) is 9.48. The van der Waals surface area contributed by atoms with Crippen molar-refractivity contribution >= 4 is 17.4 Å². The minimum absolute atomic E-state index is 0.213. The standard InChI is InChI=1S/C9H14ClN5/c1-14-3-2-4-15(6-5-14)8-7-11-13-9(10)12-8/h7H,2-6H2,1H3. The van der Waals surface area contributed by atoms with Gasteiger partial charge in [0.2, 0.25) is 5.28 Å². The highest BCUT2D eigenvalue weighted by Gasteiger charge is 2.14. The van der Waals surface area contributed by atoms with Crippen LogP contribution in [0.25, 0.3) is 0 Å². The van der Waals surface area contributed by atoms with Gasteiger partial charge in [-0.2, -0.15) is 10.1 Å². The summed E-state index contributed by atoms with van der Waals surface area (Å²) in [5.74, 6) is 0.824. The van der Waals surface area contributed by atoms with Gasteiger partial charge in [0, 0.05) is 19.6 Å². The summed E-state index contributed by atoms with van der Waals surface area (Å²) < 4.78 is 0. The van der Waals surface area contributed by atoms with Crippen molar-refractivity contribution in [3.63, 3.8) is 0 Å². The van der Waals surface area contributed by atoms with Crippen LogP contribution in [0.5, 0.6) is 0 Å². The maximum absolute atomic E-state index is 5.71. The van der Waals surface area contributed by atoms with Crippen molar-refractivity contribution in [1.29, 1.82) is 0 Å². The molecule has 0 aliphatic carbocycles. The Kier molecular flexibility index (Phi) is 3.33. The molecule has 0 N–H and O–H groups in total. The first-order valence-corrected chi connectivity index (χ1v) is 5.42. The second-order valence-corrected chi connectivity index (χ2v) is 4.07. The van der Waals surface area contributed by atoms with Gasteiger partial charge in [-0.1, -0.05) is 0 Å². The quantitative estimate of drug-likeness (QED) is 0.706. The van der Waals surface area contributed by atoms with E-state index in [-0.39, 0.29) is 5.28 Å². The van der Waals surface area contributed by atoms with Crippen LogP contribution in [0.1, 0.15) is 6.42 Å². The summed E-state index contributed by atoms with van der Waals surface area (Å²) in [5.41, 5.74) is 0. The van der Waals surface area contributed by atoms with Crippen molar-refractivity contribution in [3.05, 3.63) is 11.5 Å². The predicted octanol–water partition coefficient (Wildman–Crippen LogP) is 0.667. The third-order valence-corrected chi connectivity index (χ3v) is 2.72. The molecule has 2 rings (SSSR count). The first-order chi connectivity index (χ1) is 7.25. The summed E-state index contributed by atoms with van der Waals surface area (Å²) >= 11 is 5.71. The van der Waals surface area contributed by atoms with Crippen LogP contribution in [0.15, 0.2) is 6.20 Å². The Hall–Kier alpha value is -0.940. The minimum Gasteiger partial charge on any atom is -0.354 e. The molecule has 15 heavy (non-hydrogen) atoms. The zero-order valence-electron chi connectivity index (χ0n) is 8.73. The second kappa shape index (κ2) is 4.72. The van der Waals surface area contributed by atoms with Gasteiger partial charge >= 0.3 is 0 Å². The van der Waals surface area contributed by atoms with Crippen LogP contribution in [0, 0.1) is 0 Å². The number of hydrogen-bond acceptors (Lipinski definition) is 5. The topological polar surface area (TPSA) is 45.2 Å². The molecule has 0 aromatic carbocycles. The molecule has 1 aromatic rings. The molecule has 1 fully saturated rings. The molecule has 0 amide bonds. The fraction of sp³-hybridized carbons (Fsp3) is 0.667. The van der Waals surface area contributed by atoms with Gasteiger partial charge < -0.3 is 9.80 Å². The van der Waals surface area contributed by atoms with E-state index in [1.807, 2.05) is 0 Å². The summed E-state index contributed by atoms with van der Waals surface area (Å²) in [6.07, 6.45) is 2.80. The third kappa shape index (κ3) is 2.76. The van der Waals surface area contributed by atoms with Crippen molar-refractivity contribution in [2.24, 2.45) is 0 Å². The predicted molar refractivity (Wildman–Crippen MR) is 59.2 cm³/mol. The normalized spacial score (nSPS) is 18.9. The average molecular weight is 228 g/mol. The minimum atomic E-state index is 0.213. The van der Waals surface area contributed by atoms with Gasteiger partial charge in [-0.25, -0.2) is 0 Å². The average Bonchev–Trinajstić information content (AvgIpc) is 2.43. The molecule has 82 valence electrons. The zero-order chi connectivity index (χ0) is 10.7. The lowest BCUT2D eigenvalue weighted by molar-refractivity contribution is 0.360. The molecule has 0 atom stereocenters. The van der Waals surface area contributed by atoms with Crippen LogP contribution >= 0.6 is 11.6 Å². The molecule has 0 unspecified atom stereocenters. The number of hydrogen-bond donors (Lipinski definition) is 0. The number of rotatable bonds is 1. The summed E-state index contributed by atoms with van der Waals surface area (Å²) in [5, 5.41) is 7.66. The highest BCUT2D eigenvalue weighted by atomic mass is 35.5. The van der Waals surface area contributed by atoms with Crippen molar-refractivity contribution in [1.82, 2.24) is 20.1 Å². The van der Waals surface area contributed by atoms with Crippen molar-refractivity contribution < 1.29 is 0 Å². The fourth-order valence-electron chi connectivity index (χ4n) is 1.70. The molecule has 1 aliphatic rings. The molecule has 0 saturated carbocycles. The maximum Gasteiger partial charge on any atom is 0.244 e. The van der Waals surface area contributed by atoms with Gasteiger partial charge in [-0.15, -0.1) is 5.10 Å². The Morgan fingerprint density at radius 1 is 1.27 bits per heavy atom. The van der Waals surface area contributed by atoms with E-state index < -0.39 is 0 Å². The van der Waals surface area contributed by atoms with E-state index in [4.69, 9.17) is 11.6 Å². The Morgan fingerprint density at radius 2 is 2.13 bits per heavy atom. The van der Waals surface area contributed by atoms with E-state index >= 15 is 0 Å². The molecular weight excluding hydrogens is 214 g/mol. The van der Waals surface area contributed by atoms with E-state index in [1.54, 1.807) is 6.20 Å². The van der Waals surface area contributed by atoms with E-state index in [0.717, 1.165) is 38.4 Å². The van der Waals surface area contributed by atoms with Gasteiger partial charge in [0.1, 0.15) is 0 Å². The van der Waals surface area contributed by atoms with Crippen LogP contribution < -0.4 is 4.90 Å². The van der Waals surface area contributed by atoms with E-state index in [0.29, 0.717) is 0 Å². The molecule has 0 radical (unpaired) electrons. The largest absolute Gasteiger partial charge is 0.354 e. The van der Waals surface area contributed by atoms with Crippen LogP contribution in [0.4, 0.5) is 5.82 Å². The Morgan fingerprint density at radius 3 is 2.93 bits per heavy atom. The number of nitrogens with zero attached hydrogens (tertiary/aromatic N) is 5. The third-order valence-electron chi connectivity index (χ3n) is 2.56. The summed E-state index contributed by atoms with van der Waals surface area (Å²) in [6.45, 7) is 4.13. The van der Waals surface area contributed by atoms with E-state index in [9.17, 15) is 0 Å². The number of aromatic nitrogens is 3. The summed E-state index contributed by atoms with van der Waals surface area (Å²) in [6, 6.07) is 0. The van der Waals surface area contributed by atoms with Crippen molar-refractivity contribution in [2.45, 2.75) is 6.42 Å². The molecule has 2 heterocycles. The van der Waals surface area contributed by atoms with Gasteiger partial charge in [-0.3, -0.25) is 0 Å². The maximum atomic E-state index is 5.71. The smallest absolute Gasteiger partial charge is 0.244 e. The molecule has 5 nitrogen and oxygen atoms in total. The van der Waals surface area contributed by atoms with E-state index in [2.05, 4.69) is 32.0 Å². The van der Waals surface area contributed by atoms with Crippen molar-refractivity contribution in [2.75, 3.05) is 38.1 Å². The number of anilines is 1. The van der Waals surface area contributed by atoms with Crippen molar-refractivity contribution in [3.8, 4) is 0 Å². The molecule has 1 aliphatic heterocycles. The van der Waals surface area contributed by atoms with Crippen LogP contribution in [-0.4, -0.2) is 53.3 Å². The molecule has 6 heteroatoms. The number of likely N-dealkylation sites (N-methyl/N-ethyl adjacent to an activating group) is 1. The highest BCUT2D eigenvalue weighted by Crippen LogP contribution is 2.13. The lowest BCUT2D eigenvalue weighted by Gasteiger charge is -2.20. The van der Waals surface area contributed by atoms with Gasteiger partial charge in [0.15, 0.2) is 5.82 Å². The Bertz CT molecular complexity index is 332. The SMILES string of the molecule is CN1CCCN(c2cnnc(Cl)n2)CC1. The van der Waals surface area contributed by atoms with Crippen LogP contribution in [-0.2, 0) is 0 Å². The first-order valence-electron chi connectivity index (χ1n) is 5.04. The van der Waals surface area contributed by atoms with E-state index in [1.165, 1.54) is 0 Å². The second-order valence-electron chi connectivity index (χ2n) is 3.73. The molecule has 0 spiro atoms. The van der Waals surface area contributed by atoms with Gasteiger partial charge in [0.05, 0.1) is 6.20 Å². The van der Waals surface area contributed by atoms with Gasteiger partial charge in [0.25, 0.3) is 0 Å². The van der Waals surface area contributed by atoms with Crippen LogP contribution in [0.3, 0.4) is 0 Å². The molecular formula is C9H14ClN5. The van der Waals surface area contributed by atoms with Gasteiger partial charge in [-0.05, 0) is 31.6 Å². The highest BCUT2D eigenvalue weighted by molar-refractivity contribution is 6.28. The summed E-state index contributed by atoms with van der Waals surface area (Å²) in [7, 11) is 2.13.